The molecule has 0 atom stereocenters. The normalized spacial score (nSPS) is 9.69. The number of aryl methyl sites for hydroxylation is 1. The van der Waals surface area contributed by atoms with Crippen LogP contribution in [0.4, 0.5) is 0 Å². The molecule has 1 heterocycles. The summed E-state index contributed by atoms with van der Waals surface area (Å²) >= 11 is 0. The molecule has 0 N–H and O–H groups in total. The lowest BCUT2D eigenvalue weighted by atomic mass is 10.3. The molecule has 4 heteroatoms. The Labute approximate surface area is 77.0 Å². The number of ether oxygens (including phenoxy) is 1. The summed E-state index contributed by atoms with van der Waals surface area (Å²) in [7, 11) is 0. The van der Waals surface area contributed by atoms with Gasteiger partial charge in [-0.2, -0.15) is 0 Å². The van der Waals surface area contributed by atoms with E-state index in [1.165, 1.54) is 6.20 Å². The van der Waals surface area contributed by atoms with Crippen LogP contribution in [0.25, 0.3) is 0 Å². The van der Waals surface area contributed by atoms with Gasteiger partial charge in [0.2, 0.25) is 0 Å². The molecule has 0 saturated heterocycles. The first-order valence-corrected chi connectivity index (χ1v) is 4.26. The largest absolute Gasteiger partial charge is 0.461 e. The van der Waals surface area contributed by atoms with Gasteiger partial charge in [0.1, 0.15) is 0 Å². The predicted octanol–water partition coefficient (Wildman–Crippen LogP) is 1.22. The molecular formula is C9H12N2O2. The van der Waals surface area contributed by atoms with E-state index < -0.39 is 5.97 Å². The highest BCUT2D eigenvalue weighted by Crippen LogP contribution is 1.98. The van der Waals surface area contributed by atoms with E-state index in [1.807, 2.05) is 6.92 Å². The summed E-state index contributed by atoms with van der Waals surface area (Å²) < 4.78 is 4.76. The molecule has 0 aromatic carbocycles. The third-order valence-corrected chi connectivity index (χ3v) is 1.55. The first-order valence-electron chi connectivity index (χ1n) is 4.26. The van der Waals surface area contributed by atoms with E-state index in [4.69, 9.17) is 4.74 Å². The van der Waals surface area contributed by atoms with Gasteiger partial charge in [0.15, 0.2) is 5.69 Å². The fourth-order valence-corrected chi connectivity index (χ4v) is 0.848. The number of aromatic nitrogens is 2. The summed E-state index contributed by atoms with van der Waals surface area (Å²) in [6, 6.07) is 0. The molecule has 0 aliphatic carbocycles. The third-order valence-electron chi connectivity index (χ3n) is 1.55. The van der Waals surface area contributed by atoms with Crippen LogP contribution in [0.5, 0.6) is 0 Å². The minimum atomic E-state index is -0.419. The summed E-state index contributed by atoms with van der Waals surface area (Å²) in [6.45, 7) is 4.09. The van der Waals surface area contributed by atoms with Crippen LogP contribution in [0.15, 0.2) is 12.4 Å². The molecule has 13 heavy (non-hydrogen) atoms. The Bertz CT molecular complexity index is 282. The topological polar surface area (TPSA) is 52.1 Å². The maximum absolute atomic E-state index is 11.1. The zero-order chi connectivity index (χ0) is 9.68. The molecule has 0 saturated carbocycles. The summed E-state index contributed by atoms with van der Waals surface area (Å²) in [5.41, 5.74) is 1.13. The Morgan fingerprint density at radius 1 is 1.38 bits per heavy atom. The average molecular weight is 180 g/mol. The van der Waals surface area contributed by atoms with Crippen molar-refractivity contribution in [1.82, 2.24) is 9.97 Å². The van der Waals surface area contributed by atoms with E-state index in [9.17, 15) is 4.79 Å². The minimum Gasteiger partial charge on any atom is -0.461 e. The highest BCUT2D eigenvalue weighted by Gasteiger charge is 2.07. The molecule has 70 valence electrons. The maximum Gasteiger partial charge on any atom is 0.358 e. The number of esters is 1. The van der Waals surface area contributed by atoms with Gasteiger partial charge in [-0.3, -0.25) is 4.98 Å². The zero-order valence-corrected chi connectivity index (χ0v) is 7.78. The standard InChI is InChI=1S/C9H12N2O2/c1-3-7-5-11-8(6-10-7)9(12)13-4-2/h5-6H,3-4H2,1-2H3. The molecule has 1 rings (SSSR count). The maximum atomic E-state index is 11.1. The van der Waals surface area contributed by atoms with Gasteiger partial charge in [-0.1, -0.05) is 6.92 Å². The van der Waals surface area contributed by atoms with Crippen LogP contribution < -0.4 is 0 Å². The van der Waals surface area contributed by atoms with Crippen LogP contribution >= 0.6 is 0 Å². The number of nitrogens with zero attached hydrogens (tertiary/aromatic N) is 2. The van der Waals surface area contributed by atoms with Gasteiger partial charge in [0, 0.05) is 6.20 Å². The lowest BCUT2D eigenvalue weighted by Crippen LogP contribution is -2.07. The van der Waals surface area contributed by atoms with Crippen LogP contribution in [-0.4, -0.2) is 22.5 Å². The van der Waals surface area contributed by atoms with Crippen LogP contribution in [0.3, 0.4) is 0 Å². The van der Waals surface area contributed by atoms with Crippen molar-refractivity contribution in [3.05, 3.63) is 23.8 Å². The third kappa shape index (κ3) is 2.50. The van der Waals surface area contributed by atoms with Crippen molar-refractivity contribution < 1.29 is 9.53 Å². The van der Waals surface area contributed by atoms with Gasteiger partial charge >= 0.3 is 5.97 Å². The fraction of sp³-hybridized carbons (Fsp3) is 0.444. The molecule has 0 aliphatic rings. The predicted molar refractivity (Wildman–Crippen MR) is 47.4 cm³/mol. The van der Waals surface area contributed by atoms with Gasteiger partial charge in [-0.25, -0.2) is 9.78 Å². The monoisotopic (exact) mass is 180 g/mol. The fourth-order valence-electron chi connectivity index (χ4n) is 0.848. The van der Waals surface area contributed by atoms with Gasteiger partial charge in [-0.05, 0) is 13.3 Å². The van der Waals surface area contributed by atoms with Gasteiger partial charge in [0.25, 0.3) is 0 Å². The van der Waals surface area contributed by atoms with E-state index in [0.717, 1.165) is 12.1 Å². The highest BCUT2D eigenvalue weighted by atomic mass is 16.5. The quantitative estimate of drug-likeness (QED) is 0.656. The number of carbonyl (C=O) groups excluding carboxylic acids is 1. The second-order valence-electron chi connectivity index (χ2n) is 2.47. The summed E-state index contributed by atoms with van der Waals surface area (Å²) in [6.07, 6.45) is 3.85. The first kappa shape index (κ1) is 9.64. The van der Waals surface area contributed by atoms with E-state index in [1.54, 1.807) is 13.1 Å². The molecule has 0 spiro atoms. The molecule has 1 aromatic rings. The summed E-state index contributed by atoms with van der Waals surface area (Å²) in [5.74, 6) is -0.419. The minimum absolute atomic E-state index is 0.263. The van der Waals surface area contributed by atoms with Gasteiger partial charge in [0.05, 0.1) is 18.5 Å². The Morgan fingerprint density at radius 2 is 2.15 bits per heavy atom. The van der Waals surface area contributed by atoms with E-state index in [0.29, 0.717) is 6.61 Å². The molecule has 0 radical (unpaired) electrons. The van der Waals surface area contributed by atoms with Crippen molar-refractivity contribution in [2.45, 2.75) is 20.3 Å². The zero-order valence-electron chi connectivity index (χ0n) is 7.78. The van der Waals surface area contributed by atoms with Crippen molar-refractivity contribution in [2.24, 2.45) is 0 Å². The number of carbonyl (C=O) groups is 1. The SMILES string of the molecule is CCOC(=O)c1cnc(CC)cn1. The van der Waals surface area contributed by atoms with Gasteiger partial charge in [-0.15, -0.1) is 0 Å². The van der Waals surface area contributed by atoms with Crippen molar-refractivity contribution in [3.63, 3.8) is 0 Å². The molecular weight excluding hydrogens is 168 g/mol. The Hall–Kier alpha value is -1.45. The lowest BCUT2D eigenvalue weighted by molar-refractivity contribution is 0.0519. The van der Waals surface area contributed by atoms with Crippen LogP contribution in [0, 0.1) is 0 Å². The second kappa shape index (κ2) is 4.54. The van der Waals surface area contributed by atoms with E-state index in [2.05, 4.69) is 9.97 Å². The molecule has 0 unspecified atom stereocenters. The Morgan fingerprint density at radius 3 is 2.62 bits per heavy atom. The molecule has 0 amide bonds. The number of hydrogen-bond donors (Lipinski definition) is 0. The molecule has 0 fully saturated rings. The Balaban J connectivity index is 2.74. The second-order valence-corrected chi connectivity index (χ2v) is 2.47. The first-order chi connectivity index (χ1) is 6.27. The number of hydrogen-bond acceptors (Lipinski definition) is 4. The van der Waals surface area contributed by atoms with Gasteiger partial charge < -0.3 is 4.74 Å². The highest BCUT2D eigenvalue weighted by molar-refractivity contribution is 5.86. The Kier molecular flexibility index (Phi) is 3.37. The molecule has 1 aromatic heterocycles. The number of rotatable bonds is 3. The summed E-state index contributed by atoms with van der Waals surface area (Å²) in [4.78, 5) is 19.1. The van der Waals surface area contributed by atoms with E-state index in [-0.39, 0.29) is 5.69 Å². The molecule has 0 bridgehead atoms. The van der Waals surface area contributed by atoms with Crippen molar-refractivity contribution in [2.75, 3.05) is 6.61 Å². The lowest BCUT2D eigenvalue weighted by Gasteiger charge is -2.00. The summed E-state index contributed by atoms with van der Waals surface area (Å²) in [5, 5.41) is 0. The molecule has 0 aliphatic heterocycles. The molecule has 4 nitrogen and oxygen atoms in total. The average Bonchev–Trinajstić information content (AvgIpc) is 2.18. The van der Waals surface area contributed by atoms with Crippen LogP contribution in [0.1, 0.15) is 30.0 Å². The van der Waals surface area contributed by atoms with Crippen molar-refractivity contribution in [3.8, 4) is 0 Å². The van der Waals surface area contributed by atoms with Crippen LogP contribution in [0.2, 0.25) is 0 Å². The van der Waals surface area contributed by atoms with Crippen molar-refractivity contribution >= 4 is 5.97 Å². The smallest absolute Gasteiger partial charge is 0.358 e. The van der Waals surface area contributed by atoms with E-state index >= 15 is 0 Å². The van der Waals surface area contributed by atoms with Crippen molar-refractivity contribution in [1.29, 1.82) is 0 Å². The van der Waals surface area contributed by atoms with Crippen LogP contribution in [-0.2, 0) is 11.2 Å².